The van der Waals surface area contributed by atoms with E-state index in [0.717, 1.165) is 6.26 Å². The van der Waals surface area contributed by atoms with Gasteiger partial charge in [-0.1, -0.05) is 18.2 Å². The standard InChI is InChI=1S/C26H28N2O6S/c1-28(16-7-17-34-21-8-6-9-22(18-21)35(3,31)32)26(30)23-10-4-5-11-24(23)27-25(29)19-12-14-20(33-2)15-13-19/h4-6,8-15,18H,7,16-17H2,1-3H3,(H,27,29). The molecule has 0 spiro atoms. The molecule has 184 valence electrons. The van der Waals surface area contributed by atoms with Crippen LogP contribution in [0.1, 0.15) is 27.1 Å². The number of ether oxygens (including phenoxy) is 2. The summed E-state index contributed by atoms with van der Waals surface area (Å²) in [6.45, 7) is 0.714. The van der Waals surface area contributed by atoms with Crippen LogP contribution in [0.2, 0.25) is 0 Å². The van der Waals surface area contributed by atoms with Gasteiger partial charge in [-0.2, -0.15) is 0 Å². The summed E-state index contributed by atoms with van der Waals surface area (Å²) >= 11 is 0. The Kier molecular flexibility index (Phi) is 8.48. The van der Waals surface area contributed by atoms with Gasteiger partial charge >= 0.3 is 0 Å². The third kappa shape index (κ3) is 7.07. The maximum atomic E-state index is 13.0. The maximum Gasteiger partial charge on any atom is 0.255 e. The SMILES string of the molecule is COc1ccc(C(=O)Nc2ccccc2C(=O)N(C)CCCOc2cccc(S(C)(=O)=O)c2)cc1. The Labute approximate surface area is 205 Å². The van der Waals surface area contributed by atoms with Gasteiger partial charge in [0.25, 0.3) is 11.8 Å². The summed E-state index contributed by atoms with van der Waals surface area (Å²) in [6.07, 6.45) is 1.68. The molecule has 0 aliphatic carbocycles. The number of benzene rings is 3. The van der Waals surface area contributed by atoms with E-state index in [0.29, 0.717) is 47.9 Å². The third-order valence-electron chi connectivity index (χ3n) is 5.24. The topological polar surface area (TPSA) is 102 Å². The molecule has 0 radical (unpaired) electrons. The molecule has 3 aromatic carbocycles. The number of rotatable bonds is 10. The molecule has 0 aliphatic heterocycles. The molecule has 8 nitrogen and oxygen atoms in total. The minimum atomic E-state index is -3.31. The van der Waals surface area contributed by atoms with Crippen molar-refractivity contribution < 1.29 is 27.5 Å². The number of carbonyl (C=O) groups is 2. The van der Waals surface area contributed by atoms with Crippen molar-refractivity contribution >= 4 is 27.3 Å². The minimum Gasteiger partial charge on any atom is -0.497 e. The van der Waals surface area contributed by atoms with Crippen LogP contribution in [0.5, 0.6) is 11.5 Å². The second-order valence-corrected chi connectivity index (χ2v) is 9.92. The minimum absolute atomic E-state index is 0.190. The number of hydrogen-bond donors (Lipinski definition) is 1. The smallest absolute Gasteiger partial charge is 0.255 e. The lowest BCUT2D eigenvalue weighted by atomic mass is 10.1. The van der Waals surface area contributed by atoms with Crippen LogP contribution in [0.25, 0.3) is 0 Å². The second-order valence-electron chi connectivity index (χ2n) is 7.90. The first kappa shape index (κ1) is 25.8. The number of anilines is 1. The van der Waals surface area contributed by atoms with Crippen LogP contribution in [0, 0.1) is 0 Å². The van der Waals surface area contributed by atoms with Gasteiger partial charge in [0.05, 0.1) is 29.9 Å². The Bertz CT molecular complexity index is 1290. The van der Waals surface area contributed by atoms with E-state index < -0.39 is 9.84 Å². The van der Waals surface area contributed by atoms with E-state index in [1.807, 2.05) is 0 Å². The summed E-state index contributed by atoms with van der Waals surface area (Å²) < 4.78 is 34.1. The molecule has 0 saturated carbocycles. The first-order valence-corrected chi connectivity index (χ1v) is 12.8. The second kappa shape index (κ2) is 11.5. The van der Waals surface area contributed by atoms with Gasteiger partial charge in [0.15, 0.2) is 9.84 Å². The fourth-order valence-corrected chi connectivity index (χ4v) is 3.97. The molecule has 0 bridgehead atoms. The van der Waals surface area contributed by atoms with Gasteiger partial charge in [0.2, 0.25) is 0 Å². The van der Waals surface area contributed by atoms with E-state index in [4.69, 9.17) is 9.47 Å². The summed E-state index contributed by atoms with van der Waals surface area (Å²) in [5, 5.41) is 2.81. The highest BCUT2D eigenvalue weighted by Crippen LogP contribution is 2.20. The third-order valence-corrected chi connectivity index (χ3v) is 6.36. The van der Waals surface area contributed by atoms with E-state index in [-0.39, 0.29) is 16.7 Å². The van der Waals surface area contributed by atoms with Gasteiger partial charge in [0, 0.05) is 25.4 Å². The van der Waals surface area contributed by atoms with Crippen LogP contribution in [0.15, 0.2) is 77.7 Å². The number of nitrogens with one attached hydrogen (secondary N) is 1. The average molecular weight is 497 g/mol. The quantitative estimate of drug-likeness (QED) is 0.427. The largest absolute Gasteiger partial charge is 0.497 e. The van der Waals surface area contributed by atoms with Crippen molar-refractivity contribution in [1.82, 2.24) is 4.90 Å². The number of amides is 2. The Morgan fingerprint density at radius 1 is 0.943 bits per heavy atom. The fourth-order valence-electron chi connectivity index (χ4n) is 3.31. The Morgan fingerprint density at radius 3 is 2.34 bits per heavy atom. The van der Waals surface area contributed by atoms with Crippen LogP contribution in [0.3, 0.4) is 0 Å². The Balaban J connectivity index is 1.57. The first-order chi connectivity index (χ1) is 16.7. The lowest BCUT2D eigenvalue weighted by Gasteiger charge is -2.19. The first-order valence-electron chi connectivity index (χ1n) is 10.9. The van der Waals surface area contributed by atoms with Crippen LogP contribution >= 0.6 is 0 Å². The molecule has 2 amide bonds. The van der Waals surface area contributed by atoms with E-state index in [2.05, 4.69) is 5.32 Å². The number of hydrogen-bond acceptors (Lipinski definition) is 6. The lowest BCUT2D eigenvalue weighted by Crippen LogP contribution is -2.29. The monoisotopic (exact) mass is 496 g/mol. The zero-order chi connectivity index (χ0) is 25.4. The van der Waals surface area contributed by atoms with Gasteiger partial charge in [-0.3, -0.25) is 9.59 Å². The summed E-state index contributed by atoms with van der Waals surface area (Å²) in [5.41, 5.74) is 1.23. The van der Waals surface area contributed by atoms with E-state index in [1.54, 1.807) is 79.7 Å². The predicted octanol–water partition coefficient (Wildman–Crippen LogP) is 3.89. The average Bonchev–Trinajstić information content (AvgIpc) is 2.86. The van der Waals surface area contributed by atoms with Crippen molar-refractivity contribution in [3.63, 3.8) is 0 Å². The van der Waals surface area contributed by atoms with Crippen molar-refractivity contribution in [3.8, 4) is 11.5 Å². The maximum absolute atomic E-state index is 13.0. The molecule has 0 aliphatic rings. The zero-order valence-electron chi connectivity index (χ0n) is 19.9. The number of sulfone groups is 1. The van der Waals surface area contributed by atoms with Crippen molar-refractivity contribution in [3.05, 3.63) is 83.9 Å². The Morgan fingerprint density at radius 2 is 1.66 bits per heavy atom. The molecule has 0 saturated heterocycles. The van der Waals surface area contributed by atoms with Gasteiger partial charge in [-0.15, -0.1) is 0 Å². The Hall–Kier alpha value is -3.85. The summed E-state index contributed by atoms with van der Waals surface area (Å²) in [6, 6.07) is 19.8. The molecular formula is C26H28N2O6S. The van der Waals surface area contributed by atoms with Gasteiger partial charge < -0.3 is 19.7 Å². The summed E-state index contributed by atoms with van der Waals surface area (Å²) in [5.74, 6) is 0.523. The highest BCUT2D eigenvalue weighted by atomic mass is 32.2. The normalized spacial score (nSPS) is 10.9. The van der Waals surface area contributed by atoms with E-state index in [1.165, 1.54) is 12.1 Å². The van der Waals surface area contributed by atoms with E-state index in [9.17, 15) is 18.0 Å². The van der Waals surface area contributed by atoms with Crippen molar-refractivity contribution in [2.45, 2.75) is 11.3 Å². The lowest BCUT2D eigenvalue weighted by molar-refractivity contribution is 0.0789. The highest BCUT2D eigenvalue weighted by Gasteiger charge is 2.17. The molecule has 0 unspecified atom stereocenters. The van der Waals surface area contributed by atoms with Gasteiger partial charge in [0.1, 0.15) is 11.5 Å². The van der Waals surface area contributed by atoms with Crippen LogP contribution in [0.4, 0.5) is 5.69 Å². The molecular weight excluding hydrogens is 468 g/mol. The number of nitrogens with zero attached hydrogens (tertiary/aromatic N) is 1. The molecule has 0 heterocycles. The number of carbonyl (C=O) groups excluding carboxylic acids is 2. The zero-order valence-corrected chi connectivity index (χ0v) is 20.7. The predicted molar refractivity (Wildman–Crippen MR) is 134 cm³/mol. The molecule has 3 rings (SSSR count). The van der Waals surface area contributed by atoms with Crippen LogP contribution < -0.4 is 14.8 Å². The van der Waals surface area contributed by atoms with E-state index >= 15 is 0 Å². The molecule has 0 atom stereocenters. The van der Waals surface area contributed by atoms with Gasteiger partial charge in [-0.05, 0) is 61.0 Å². The molecule has 0 fully saturated rings. The molecule has 9 heteroatoms. The van der Waals surface area contributed by atoms with Crippen LogP contribution in [-0.4, -0.2) is 58.7 Å². The molecule has 3 aromatic rings. The van der Waals surface area contributed by atoms with Crippen molar-refractivity contribution in [2.24, 2.45) is 0 Å². The number of methoxy groups -OCH3 is 1. The summed E-state index contributed by atoms with van der Waals surface area (Å²) in [7, 11) is -0.0866. The van der Waals surface area contributed by atoms with Crippen LogP contribution in [-0.2, 0) is 9.84 Å². The fraction of sp³-hybridized carbons (Fsp3) is 0.231. The molecule has 1 N–H and O–H groups in total. The summed E-state index contributed by atoms with van der Waals surface area (Å²) in [4.78, 5) is 27.4. The highest BCUT2D eigenvalue weighted by molar-refractivity contribution is 7.90. The number of para-hydroxylation sites is 1. The molecule has 35 heavy (non-hydrogen) atoms. The van der Waals surface area contributed by atoms with Crippen molar-refractivity contribution in [1.29, 1.82) is 0 Å². The molecule has 0 aromatic heterocycles. The van der Waals surface area contributed by atoms with Gasteiger partial charge in [-0.25, -0.2) is 8.42 Å². The van der Waals surface area contributed by atoms with Crippen molar-refractivity contribution in [2.75, 3.05) is 38.9 Å².